The molecule has 0 radical (unpaired) electrons. The zero-order valence-corrected chi connectivity index (χ0v) is 14.5. The molecule has 4 rings (SSSR count). The fraction of sp³-hybridized carbons (Fsp3) is 0.400. The minimum absolute atomic E-state index is 0.538. The molecule has 3 aromatic rings. The standard InChI is InChI=1S/C20H25N5/c1-2-7-18(8-3-1)15-24-14-11-21-20(24)17-23-12-5-4-9-19(23)16-25-13-6-10-22-25/h1-3,6-8,10-11,13-14,19H,4-5,9,12,15-17H2. The van der Waals surface area contributed by atoms with Crippen molar-refractivity contribution in [3.8, 4) is 0 Å². The first-order valence-corrected chi connectivity index (χ1v) is 9.14. The molecule has 3 heterocycles. The Morgan fingerprint density at radius 3 is 2.72 bits per heavy atom. The highest BCUT2D eigenvalue weighted by molar-refractivity contribution is 5.15. The number of piperidine rings is 1. The van der Waals surface area contributed by atoms with Crippen LogP contribution in [-0.2, 0) is 19.6 Å². The Morgan fingerprint density at radius 1 is 0.960 bits per heavy atom. The summed E-state index contributed by atoms with van der Waals surface area (Å²) in [6.45, 7) is 3.90. The molecule has 1 fully saturated rings. The second kappa shape index (κ2) is 7.66. The van der Waals surface area contributed by atoms with Crippen molar-refractivity contribution in [2.75, 3.05) is 6.54 Å². The molecule has 0 N–H and O–H groups in total. The predicted octanol–water partition coefficient (Wildman–Crippen LogP) is 3.18. The maximum absolute atomic E-state index is 4.64. The fourth-order valence-electron chi connectivity index (χ4n) is 3.70. The first kappa shape index (κ1) is 16.1. The third-order valence-corrected chi connectivity index (χ3v) is 5.05. The average molecular weight is 335 g/mol. The van der Waals surface area contributed by atoms with Gasteiger partial charge in [-0.15, -0.1) is 0 Å². The van der Waals surface area contributed by atoms with E-state index in [2.05, 4.69) is 67.0 Å². The number of hydrogen-bond acceptors (Lipinski definition) is 3. The number of hydrogen-bond donors (Lipinski definition) is 0. The first-order valence-electron chi connectivity index (χ1n) is 9.14. The molecule has 1 aliphatic rings. The molecule has 1 aromatic carbocycles. The van der Waals surface area contributed by atoms with Crippen LogP contribution in [0.15, 0.2) is 61.2 Å². The van der Waals surface area contributed by atoms with Crippen molar-refractivity contribution in [2.24, 2.45) is 0 Å². The summed E-state index contributed by atoms with van der Waals surface area (Å²) in [5.74, 6) is 1.15. The number of imidazole rings is 1. The van der Waals surface area contributed by atoms with E-state index in [0.29, 0.717) is 6.04 Å². The van der Waals surface area contributed by atoms with E-state index in [1.165, 1.54) is 24.8 Å². The van der Waals surface area contributed by atoms with E-state index in [1.54, 1.807) is 0 Å². The Morgan fingerprint density at radius 2 is 1.88 bits per heavy atom. The topological polar surface area (TPSA) is 38.9 Å². The van der Waals surface area contributed by atoms with Gasteiger partial charge in [0.15, 0.2) is 0 Å². The second-order valence-electron chi connectivity index (χ2n) is 6.81. The molecule has 5 heteroatoms. The van der Waals surface area contributed by atoms with E-state index < -0.39 is 0 Å². The minimum Gasteiger partial charge on any atom is -0.329 e. The van der Waals surface area contributed by atoms with Crippen molar-refractivity contribution < 1.29 is 0 Å². The Balaban J connectivity index is 1.46. The van der Waals surface area contributed by atoms with Gasteiger partial charge in [-0.3, -0.25) is 9.58 Å². The number of rotatable bonds is 6. The molecule has 0 saturated carbocycles. The Hall–Kier alpha value is -2.40. The van der Waals surface area contributed by atoms with Crippen LogP contribution in [0.1, 0.15) is 30.7 Å². The fourth-order valence-corrected chi connectivity index (χ4v) is 3.70. The van der Waals surface area contributed by atoms with Crippen molar-refractivity contribution in [1.82, 2.24) is 24.2 Å². The molecule has 1 atom stereocenters. The summed E-state index contributed by atoms with van der Waals surface area (Å²) >= 11 is 0. The van der Waals surface area contributed by atoms with Crippen LogP contribution in [0.5, 0.6) is 0 Å². The zero-order chi connectivity index (χ0) is 16.9. The SMILES string of the molecule is c1ccc(Cn2ccnc2CN2CCCCC2Cn2cccn2)cc1. The summed E-state index contributed by atoms with van der Waals surface area (Å²) in [5, 5.41) is 4.38. The van der Waals surface area contributed by atoms with Crippen molar-refractivity contribution in [1.29, 1.82) is 0 Å². The molecule has 2 aromatic heterocycles. The third-order valence-electron chi connectivity index (χ3n) is 5.05. The van der Waals surface area contributed by atoms with Crippen LogP contribution < -0.4 is 0 Å². The maximum Gasteiger partial charge on any atom is 0.123 e. The maximum atomic E-state index is 4.64. The van der Waals surface area contributed by atoms with Crippen LogP contribution >= 0.6 is 0 Å². The van der Waals surface area contributed by atoms with E-state index in [-0.39, 0.29) is 0 Å². The van der Waals surface area contributed by atoms with Gasteiger partial charge in [-0.25, -0.2) is 4.98 Å². The number of benzene rings is 1. The lowest BCUT2D eigenvalue weighted by molar-refractivity contribution is 0.117. The van der Waals surface area contributed by atoms with E-state index in [0.717, 1.165) is 32.0 Å². The normalized spacial score (nSPS) is 18.5. The monoisotopic (exact) mass is 335 g/mol. The second-order valence-corrected chi connectivity index (χ2v) is 6.81. The quantitative estimate of drug-likeness (QED) is 0.694. The predicted molar refractivity (Wildman–Crippen MR) is 98.0 cm³/mol. The molecule has 1 aliphatic heterocycles. The van der Waals surface area contributed by atoms with Crippen LogP contribution in [0.3, 0.4) is 0 Å². The van der Waals surface area contributed by atoms with Gasteiger partial charge >= 0.3 is 0 Å². The highest BCUT2D eigenvalue weighted by Crippen LogP contribution is 2.21. The molecule has 0 spiro atoms. The third kappa shape index (κ3) is 3.99. The van der Waals surface area contributed by atoms with Gasteiger partial charge in [0.25, 0.3) is 0 Å². The number of aromatic nitrogens is 4. The Labute approximate surface area is 148 Å². The van der Waals surface area contributed by atoms with E-state index >= 15 is 0 Å². The molecule has 1 saturated heterocycles. The van der Waals surface area contributed by atoms with Gasteiger partial charge in [-0.05, 0) is 31.0 Å². The van der Waals surface area contributed by atoms with E-state index in [4.69, 9.17) is 0 Å². The molecular formula is C20H25N5. The van der Waals surface area contributed by atoms with Gasteiger partial charge in [0, 0.05) is 37.4 Å². The van der Waals surface area contributed by atoms with Crippen LogP contribution in [0.4, 0.5) is 0 Å². The van der Waals surface area contributed by atoms with Crippen LogP contribution in [0.25, 0.3) is 0 Å². The Kier molecular flexibility index (Phi) is 4.93. The summed E-state index contributed by atoms with van der Waals surface area (Å²) in [6, 6.07) is 13.1. The minimum atomic E-state index is 0.538. The van der Waals surface area contributed by atoms with Gasteiger partial charge < -0.3 is 4.57 Å². The van der Waals surface area contributed by atoms with Crippen molar-refractivity contribution in [3.63, 3.8) is 0 Å². The van der Waals surface area contributed by atoms with Gasteiger partial charge in [0.05, 0.1) is 13.1 Å². The number of likely N-dealkylation sites (tertiary alicyclic amines) is 1. The van der Waals surface area contributed by atoms with Crippen molar-refractivity contribution in [3.05, 3.63) is 72.6 Å². The lowest BCUT2D eigenvalue weighted by Crippen LogP contribution is -2.42. The zero-order valence-electron chi connectivity index (χ0n) is 14.5. The smallest absolute Gasteiger partial charge is 0.123 e. The van der Waals surface area contributed by atoms with Gasteiger partial charge in [-0.1, -0.05) is 36.8 Å². The van der Waals surface area contributed by atoms with Crippen molar-refractivity contribution >= 4 is 0 Å². The van der Waals surface area contributed by atoms with Crippen LogP contribution in [-0.4, -0.2) is 36.8 Å². The molecule has 0 amide bonds. The molecule has 1 unspecified atom stereocenters. The highest BCUT2D eigenvalue weighted by Gasteiger charge is 2.24. The highest BCUT2D eigenvalue weighted by atomic mass is 15.3. The van der Waals surface area contributed by atoms with Gasteiger partial charge in [0.1, 0.15) is 5.82 Å². The van der Waals surface area contributed by atoms with Gasteiger partial charge in [-0.2, -0.15) is 5.10 Å². The molecule has 0 aliphatic carbocycles. The van der Waals surface area contributed by atoms with Gasteiger partial charge in [0.2, 0.25) is 0 Å². The lowest BCUT2D eigenvalue weighted by Gasteiger charge is -2.35. The lowest BCUT2D eigenvalue weighted by atomic mass is 10.0. The molecule has 5 nitrogen and oxygen atoms in total. The van der Waals surface area contributed by atoms with E-state index in [9.17, 15) is 0 Å². The van der Waals surface area contributed by atoms with Crippen LogP contribution in [0, 0.1) is 0 Å². The first-order chi connectivity index (χ1) is 12.4. The van der Waals surface area contributed by atoms with E-state index in [1.807, 2.05) is 18.5 Å². The average Bonchev–Trinajstić information content (AvgIpc) is 3.30. The largest absolute Gasteiger partial charge is 0.329 e. The number of nitrogens with zero attached hydrogens (tertiary/aromatic N) is 5. The molecule has 25 heavy (non-hydrogen) atoms. The summed E-state index contributed by atoms with van der Waals surface area (Å²) in [4.78, 5) is 7.22. The van der Waals surface area contributed by atoms with Crippen LogP contribution in [0.2, 0.25) is 0 Å². The summed E-state index contributed by atoms with van der Waals surface area (Å²) in [5.41, 5.74) is 1.31. The Bertz CT molecular complexity index is 763. The molecular weight excluding hydrogens is 310 g/mol. The molecule has 130 valence electrons. The molecule has 0 bridgehead atoms. The summed E-state index contributed by atoms with van der Waals surface area (Å²) in [6.07, 6.45) is 11.7. The summed E-state index contributed by atoms with van der Waals surface area (Å²) < 4.78 is 4.33. The van der Waals surface area contributed by atoms with Crippen molar-refractivity contribution in [2.45, 2.75) is 44.9 Å². The summed E-state index contributed by atoms with van der Waals surface area (Å²) in [7, 11) is 0.